The zero-order valence-corrected chi connectivity index (χ0v) is 9.72. The van der Waals surface area contributed by atoms with Crippen molar-refractivity contribution in [3.63, 3.8) is 0 Å². The third-order valence-electron chi connectivity index (χ3n) is 2.87. The fourth-order valence-corrected chi connectivity index (χ4v) is 1.82. The van der Waals surface area contributed by atoms with Crippen molar-refractivity contribution in [2.24, 2.45) is 11.7 Å². The molecule has 1 aromatic carbocycles. The first-order chi connectivity index (χ1) is 8.29. The average Bonchev–Trinajstić information content (AvgIpc) is 2.89. The van der Waals surface area contributed by atoms with E-state index in [1.165, 1.54) is 0 Å². The fraction of sp³-hybridized carbons (Fsp3) is 0.462. The van der Waals surface area contributed by atoms with Crippen LogP contribution in [0.25, 0.3) is 0 Å². The quantitative estimate of drug-likeness (QED) is 0.800. The van der Waals surface area contributed by atoms with Crippen LogP contribution in [-0.4, -0.2) is 25.8 Å². The van der Waals surface area contributed by atoms with Gasteiger partial charge in [-0.2, -0.15) is 0 Å². The zero-order chi connectivity index (χ0) is 12.1. The summed E-state index contributed by atoms with van der Waals surface area (Å²) in [6.45, 7) is 2.32. The lowest BCUT2D eigenvalue weighted by Gasteiger charge is -2.09. The number of hydrogen-bond donors (Lipinski definition) is 1. The molecule has 4 nitrogen and oxygen atoms in total. The summed E-state index contributed by atoms with van der Waals surface area (Å²) in [6, 6.07) is 7.22. The third kappa shape index (κ3) is 3.28. The molecule has 1 fully saturated rings. The van der Waals surface area contributed by atoms with Crippen molar-refractivity contribution in [2.75, 3.05) is 19.8 Å². The number of carbonyl (C=O) groups excluding carboxylic acids is 1. The Balaban J connectivity index is 1.89. The molecule has 2 rings (SSSR count). The van der Waals surface area contributed by atoms with Crippen molar-refractivity contribution >= 4 is 5.97 Å². The molecule has 4 heteroatoms. The molecule has 0 spiro atoms. The van der Waals surface area contributed by atoms with Crippen LogP contribution in [0.2, 0.25) is 0 Å². The number of hydrogen-bond acceptors (Lipinski definition) is 4. The molecule has 0 amide bonds. The van der Waals surface area contributed by atoms with Crippen molar-refractivity contribution in [1.82, 2.24) is 0 Å². The molecule has 0 radical (unpaired) electrons. The van der Waals surface area contributed by atoms with Crippen molar-refractivity contribution in [1.29, 1.82) is 0 Å². The van der Waals surface area contributed by atoms with E-state index in [2.05, 4.69) is 0 Å². The standard InChI is InChI=1S/C13H17NO3/c14-7-10-2-1-3-12(6-10)13(15)17-9-11-4-5-16-8-11/h1-3,6,11H,4-5,7-9,14H2. The van der Waals surface area contributed by atoms with Crippen LogP contribution in [0.3, 0.4) is 0 Å². The molecule has 92 valence electrons. The number of ether oxygens (including phenoxy) is 2. The molecule has 1 saturated heterocycles. The Labute approximate surface area is 101 Å². The highest BCUT2D eigenvalue weighted by atomic mass is 16.5. The SMILES string of the molecule is NCc1cccc(C(=O)OCC2CCOC2)c1. The van der Waals surface area contributed by atoms with E-state index in [0.29, 0.717) is 31.2 Å². The molecule has 1 heterocycles. The average molecular weight is 235 g/mol. The summed E-state index contributed by atoms with van der Waals surface area (Å²) in [5.74, 6) is 0.0591. The van der Waals surface area contributed by atoms with E-state index >= 15 is 0 Å². The number of nitrogens with two attached hydrogens (primary N) is 1. The van der Waals surface area contributed by atoms with Crippen LogP contribution in [0.15, 0.2) is 24.3 Å². The maximum atomic E-state index is 11.8. The first-order valence-electron chi connectivity index (χ1n) is 5.83. The van der Waals surface area contributed by atoms with E-state index < -0.39 is 0 Å². The van der Waals surface area contributed by atoms with Gasteiger partial charge in [-0.15, -0.1) is 0 Å². The van der Waals surface area contributed by atoms with Gasteiger partial charge in [0.25, 0.3) is 0 Å². The van der Waals surface area contributed by atoms with Crippen molar-refractivity contribution < 1.29 is 14.3 Å². The van der Waals surface area contributed by atoms with Gasteiger partial charge in [0.05, 0.1) is 18.8 Å². The van der Waals surface area contributed by atoms with Crippen LogP contribution in [0.5, 0.6) is 0 Å². The largest absolute Gasteiger partial charge is 0.462 e. The number of esters is 1. The van der Waals surface area contributed by atoms with Gasteiger partial charge in [0.15, 0.2) is 0 Å². The number of benzene rings is 1. The highest BCUT2D eigenvalue weighted by Crippen LogP contribution is 2.14. The molecule has 0 saturated carbocycles. The molecule has 1 unspecified atom stereocenters. The van der Waals surface area contributed by atoms with Crippen molar-refractivity contribution in [3.05, 3.63) is 35.4 Å². The van der Waals surface area contributed by atoms with Crippen LogP contribution >= 0.6 is 0 Å². The normalized spacial score (nSPS) is 19.2. The topological polar surface area (TPSA) is 61.6 Å². The summed E-state index contributed by atoms with van der Waals surface area (Å²) in [6.07, 6.45) is 0.968. The highest BCUT2D eigenvalue weighted by Gasteiger charge is 2.18. The third-order valence-corrected chi connectivity index (χ3v) is 2.87. The summed E-state index contributed by atoms with van der Waals surface area (Å²) < 4.78 is 10.5. The van der Waals surface area contributed by atoms with E-state index in [-0.39, 0.29) is 5.97 Å². The first-order valence-corrected chi connectivity index (χ1v) is 5.83. The Hall–Kier alpha value is -1.39. The second-order valence-electron chi connectivity index (χ2n) is 4.23. The summed E-state index contributed by atoms with van der Waals surface area (Å²) in [7, 11) is 0. The van der Waals surface area contributed by atoms with Gasteiger partial charge in [0.2, 0.25) is 0 Å². The van der Waals surface area contributed by atoms with Crippen LogP contribution in [0, 0.1) is 5.92 Å². The van der Waals surface area contributed by atoms with Gasteiger partial charge in [-0.05, 0) is 24.1 Å². The van der Waals surface area contributed by atoms with E-state index in [1.807, 2.05) is 12.1 Å². The minimum atomic E-state index is -0.285. The van der Waals surface area contributed by atoms with Gasteiger partial charge in [-0.3, -0.25) is 0 Å². The minimum Gasteiger partial charge on any atom is -0.462 e. The molecule has 17 heavy (non-hydrogen) atoms. The van der Waals surface area contributed by atoms with E-state index in [4.69, 9.17) is 15.2 Å². The molecule has 0 bridgehead atoms. The predicted molar refractivity (Wildman–Crippen MR) is 63.5 cm³/mol. The van der Waals surface area contributed by atoms with Gasteiger partial charge < -0.3 is 15.2 Å². The molecule has 0 aliphatic carbocycles. The molecular weight excluding hydrogens is 218 g/mol. The fourth-order valence-electron chi connectivity index (χ4n) is 1.82. The van der Waals surface area contributed by atoms with Crippen LogP contribution in [0.1, 0.15) is 22.3 Å². The molecular formula is C13H17NO3. The molecule has 1 atom stereocenters. The Kier molecular flexibility index (Phi) is 4.12. The number of carbonyl (C=O) groups is 1. The first kappa shape index (κ1) is 12.1. The molecule has 1 aliphatic heterocycles. The van der Waals surface area contributed by atoms with Crippen LogP contribution in [0.4, 0.5) is 0 Å². The summed E-state index contributed by atoms with van der Waals surface area (Å²) in [5, 5.41) is 0. The van der Waals surface area contributed by atoms with E-state index in [9.17, 15) is 4.79 Å². The monoisotopic (exact) mass is 235 g/mol. The molecule has 0 aromatic heterocycles. The Morgan fingerprint density at radius 1 is 1.53 bits per heavy atom. The summed E-state index contributed by atoms with van der Waals surface area (Å²) >= 11 is 0. The maximum absolute atomic E-state index is 11.8. The van der Waals surface area contributed by atoms with E-state index in [0.717, 1.165) is 18.6 Å². The van der Waals surface area contributed by atoms with Crippen molar-refractivity contribution in [2.45, 2.75) is 13.0 Å². The second-order valence-corrected chi connectivity index (χ2v) is 4.23. The smallest absolute Gasteiger partial charge is 0.338 e. The Morgan fingerprint density at radius 3 is 3.12 bits per heavy atom. The predicted octanol–water partition coefficient (Wildman–Crippen LogP) is 1.34. The zero-order valence-electron chi connectivity index (χ0n) is 9.72. The lowest BCUT2D eigenvalue weighted by molar-refractivity contribution is 0.0428. The molecule has 2 N–H and O–H groups in total. The van der Waals surface area contributed by atoms with Crippen LogP contribution < -0.4 is 5.73 Å². The summed E-state index contributed by atoms with van der Waals surface area (Å²) in [5.41, 5.74) is 7.02. The lowest BCUT2D eigenvalue weighted by Crippen LogP contribution is -2.14. The van der Waals surface area contributed by atoms with Gasteiger partial charge in [0, 0.05) is 19.1 Å². The summed E-state index contributed by atoms with van der Waals surface area (Å²) in [4.78, 5) is 11.8. The van der Waals surface area contributed by atoms with Gasteiger partial charge in [-0.25, -0.2) is 4.79 Å². The number of rotatable bonds is 4. The Morgan fingerprint density at radius 2 is 2.41 bits per heavy atom. The highest BCUT2D eigenvalue weighted by molar-refractivity contribution is 5.89. The van der Waals surface area contributed by atoms with Crippen LogP contribution in [-0.2, 0) is 16.0 Å². The van der Waals surface area contributed by atoms with Gasteiger partial charge in [-0.1, -0.05) is 12.1 Å². The lowest BCUT2D eigenvalue weighted by atomic mass is 10.1. The Bertz CT molecular complexity index is 386. The van der Waals surface area contributed by atoms with E-state index in [1.54, 1.807) is 12.1 Å². The second kappa shape index (κ2) is 5.80. The minimum absolute atomic E-state index is 0.285. The van der Waals surface area contributed by atoms with Gasteiger partial charge in [0.1, 0.15) is 0 Å². The van der Waals surface area contributed by atoms with Gasteiger partial charge >= 0.3 is 5.97 Å². The maximum Gasteiger partial charge on any atom is 0.338 e. The molecule has 1 aliphatic rings. The molecule has 1 aromatic rings. The van der Waals surface area contributed by atoms with Crippen molar-refractivity contribution in [3.8, 4) is 0 Å².